The number of nitrogens with two attached hydrogens (primary N) is 1. The van der Waals surface area contributed by atoms with E-state index in [0.29, 0.717) is 6.54 Å². The summed E-state index contributed by atoms with van der Waals surface area (Å²) in [5.74, 6) is 1.59. The summed E-state index contributed by atoms with van der Waals surface area (Å²) in [7, 11) is 5.66. The predicted molar refractivity (Wildman–Crippen MR) is 96.0 cm³/mol. The van der Waals surface area contributed by atoms with Crippen LogP contribution in [-0.2, 0) is 6.54 Å². The number of para-hydroxylation sites is 1. The van der Waals surface area contributed by atoms with Crippen LogP contribution in [0.1, 0.15) is 23.1 Å². The second kappa shape index (κ2) is 6.95. The molecule has 3 rings (SSSR count). The molecule has 5 nitrogen and oxygen atoms in total. The van der Waals surface area contributed by atoms with Crippen molar-refractivity contribution in [2.75, 3.05) is 21.2 Å². The van der Waals surface area contributed by atoms with Gasteiger partial charge >= 0.3 is 0 Å². The number of methoxy groups -OCH3 is 1. The molecule has 24 heavy (non-hydrogen) atoms. The number of benzene rings is 2. The van der Waals surface area contributed by atoms with Crippen LogP contribution < -0.4 is 10.5 Å². The van der Waals surface area contributed by atoms with Crippen LogP contribution in [0.25, 0.3) is 10.9 Å². The van der Waals surface area contributed by atoms with Crippen LogP contribution in [-0.4, -0.2) is 36.1 Å². The van der Waals surface area contributed by atoms with Gasteiger partial charge in [0, 0.05) is 5.39 Å². The first kappa shape index (κ1) is 16.4. The summed E-state index contributed by atoms with van der Waals surface area (Å²) in [4.78, 5) is 11.5. The van der Waals surface area contributed by atoms with Gasteiger partial charge in [0.25, 0.3) is 0 Å². The molecule has 1 unspecified atom stereocenters. The Labute approximate surface area is 142 Å². The molecule has 1 aromatic heterocycles. The third-order valence-corrected chi connectivity index (χ3v) is 3.91. The van der Waals surface area contributed by atoms with Gasteiger partial charge < -0.3 is 15.4 Å². The Morgan fingerprint density at radius 3 is 2.42 bits per heavy atom. The van der Waals surface area contributed by atoms with E-state index in [1.165, 1.54) is 0 Å². The van der Waals surface area contributed by atoms with Gasteiger partial charge in [-0.2, -0.15) is 0 Å². The van der Waals surface area contributed by atoms with E-state index in [1.54, 1.807) is 7.11 Å². The summed E-state index contributed by atoms with van der Waals surface area (Å²) in [6.45, 7) is 0.674. The zero-order chi connectivity index (χ0) is 17.1. The minimum absolute atomic E-state index is 0.315. The van der Waals surface area contributed by atoms with E-state index in [9.17, 15) is 0 Å². The van der Waals surface area contributed by atoms with Crippen molar-refractivity contribution in [3.8, 4) is 5.75 Å². The van der Waals surface area contributed by atoms with Crippen molar-refractivity contribution < 1.29 is 4.74 Å². The normalized spacial score (nSPS) is 12.5. The zero-order valence-electron chi connectivity index (χ0n) is 14.2. The molecule has 0 radical (unpaired) electrons. The van der Waals surface area contributed by atoms with Crippen LogP contribution in [0.5, 0.6) is 5.75 Å². The van der Waals surface area contributed by atoms with Crippen LogP contribution >= 0.6 is 0 Å². The summed E-state index contributed by atoms with van der Waals surface area (Å²) >= 11 is 0. The lowest BCUT2D eigenvalue weighted by Gasteiger charge is -2.17. The number of nitrogens with zero attached hydrogens (tertiary/aromatic N) is 3. The van der Waals surface area contributed by atoms with Crippen molar-refractivity contribution in [2.45, 2.75) is 12.6 Å². The first-order valence-electron chi connectivity index (χ1n) is 7.88. The monoisotopic (exact) mass is 322 g/mol. The van der Waals surface area contributed by atoms with Crippen molar-refractivity contribution in [2.24, 2.45) is 5.73 Å². The van der Waals surface area contributed by atoms with Gasteiger partial charge in [0.2, 0.25) is 0 Å². The van der Waals surface area contributed by atoms with Gasteiger partial charge in [0.1, 0.15) is 11.6 Å². The fraction of sp³-hybridized carbons (Fsp3) is 0.263. The van der Waals surface area contributed by atoms with Crippen molar-refractivity contribution in [1.29, 1.82) is 0 Å². The SMILES string of the molecule is COc1ccc(C(N)c2nc(CN(C)C)nc3ccccc23)cc1. The predicted octanol–water partition coefficient (Wildman–Crippen LogP) is 2.75. The highest BCUT2D eigenvalue weighted by molar-refractivity contribution is 5.81. The van der Waals surface area contributed by atoms with Crippen molar-refractivity contribution in [1.82, 2.24) is 14.9 Å². The third-order valence-electron chi connectivity index (χ3n) is 3.91. The van der Waals surface area contributed by atoms with E-state index in [1.807, 2.05) is 67.5 Å². The van der Waals surface area contributed by atoms with Crippen LogP contribution in [0.4, 0.5) is 0 Å². The topological polar surface area (TPSA) is 64.3 Å². The quantitative estimate of drug-likeness (QED) is 0.782. The number of aromatic nitrogens is 2. The Bertz CT molecular complexity index is 830. The maximum atomic E-state index is 6.53. The van der Waals surface area contributed by atoms with E-state index in [2.05, 4.69) is 4.98 Å². The molecule has 124 valence electrons. The summed E-state index contributed by atoms with van der Waals surface area (Å²) in [6, 6.07) is 15.5. The molecule has 0 aliphatic rings. The third kappa shape index (κ3) is 3.37. The van der Waals surface area contributed by atoms with Gasteiger partial charge in [-0.15, -0.1) is 0 Å². The maximum absolute atomic E-state index is 6.53. The molecule has 0 aliphatic heterocycles. The Morgan fingerprint density at radius 1 is 1.04 bits per heavy atom. The average Bonchev–Trinajstić information content (AvgIpc) is 2.60. The Balaban J connectivity index is 2.08. The molecule has 1 heterocycles. The molecule has 3 aromatic rings. The lowest BCUT2D eigenvalue weighted by molar-refractivity contribution is 0.390. The second-order valence-electron chi connectivity index (χ2n) is 6.03. The standard InChI is InChI=1S/C19H22N4O/c1-23(2)12-17-21-16-7-5-4-6-15(16)19(22-17)18(20)13-8-10-14(24-3)11-9-13/h4-11,18H,12,20H2,1-3H3. The van der Waals surface area contributed by atoms with Crippen molar-refractivity contribution in [3.63, 3.8) is 0 Å². The van der Waals surface area contributed by atoms with E-state index in [4.69, 9.17) is 15.5 Å². The van der Waals surface area contributed by atoms with Gasteiger partial charge in [-0.3, -0.25) is 0 Å². The van der Waals surface area contributed by atoms with Gasteiger partial charge in [0.05, 0.1) is 30.9 Å². The Kier molecular flexibility index (Phi) is 4.74. The van der Waals surface area contributed by atoms with Gasteiger partial charge in [-0.25, -0.2) is 9.97 Å². The van der Waals surface area contributed by atoms with Crippen LogP contribution in [0.3, 0.4) is 0 Å². The van der Waals surface area contributed by atoms with E-state index in [-0.39, 0.29) is 6.04 Å². The molecular weight excluding hydrogens is 300 g/mol. The van der Waals surface area contributed by atoms with E-state index in [0.717, 1.165) is 33.7 Å². The molecule has 2 N–H and O–H groups in total. The average molecular weight is 322 g/mol. The highest BCUT2D eigenvalue weighted by Gasteiger charge is 2.16. The molecule has 0 saturated carbocycles. The molecular formula is C19H22N4O. The molecule has 0 saturated heterocycles. The van der Waals surface area contributed by atoms with Gasteiger partial charge in [0.15, 0.2) is 0 Å². The number of hydrogen-bond donors (Lipinski definition) is 1. The smallest absolute Gasteiger partial charge is 0.143 e. The van der Waals surface area contributed by atoms with E-state index >= 15 is 0 Å². The number of ether oxygens (including phenoxy) is 1. The first-order valence-corrected chi connectivity index (χ1v) is 7.88. The molecule has 5 heteroatoms. The minimum Gasteiger partial charge on any atom is -0.497 e. The minimum atomic E-state index is -0.315. The first-order chi connectivity index (χ1) is 11.6. The molecule has 2 aromatic carbocycles. The summed E-state index contributed by atoms with van der Waals surface area (Å²) in [5, 5.41) is 0.989. The maximum Gasteiger partial charge on any atom is 0.143 e. The highest BCUT2D eigenvalue weighted by Crippen LogP contribution is 2.26. The largest absolute Gasteiger partial charge is 0.497 e. The lowest BCUT2D eigenvalue weighted by Crippen LogP contribution is -2.18. The fourth-order valence-corrected chi connectivity index (χ4v) is 2.71. The number of rotatable bonds is 5. The van der Waals surface area contributed by atoms with E-state index < -0.39 is 0 Å². The van der Waals surface area contributed by atoms with Gasteiger partial charge in [-0.1, -0.05) is 30.3 Å². The zero-order valence-corrected chi connectivity index (χ0v) is 14.2. The summed E-state index contributed by atoms with van der Waals surface area (Å²) < 4.78 is 5.22. The molecule has 0 fully saturated rings. The van der Waals surface area contributed by atoms with Crippen LogP contribution in [0.2, 0.25) is 0 Å². The Hall–Kier alpha value is -2.50. The Morgan fingerprint density at radius 2 is 1.75 bits per heavy atom. The molecule has 0 amide bonds. The molecule has 0 bridgehead atoms. The second-order valence-corrected chi connectivity index (χ2v) is 6.03. The lowest BCUT2D eigenvalue weighted by atomic mass is 10.0. The molecule has 0 spiro atoms. The highest BCUT2D eigenvalue weighted by atomic mass is 16.5. The van der Waals surface area contributed by atoms with Crippen LogP contribution in [0.15, 0.2) is 48.5 Å². The summed E-state index contributed by atoms with van der Waals surface area (Å²) in [6.07, 6.45) is 0. The summed E-state index contributed by atoms with van der Waals surface area (Å²) in [5.41, 5.74) is 9.29. The number of fused-ring (bicyclic) bond motifs is 1. The fourth-order valence-electron chi connectivity index (χ4n) is 2.71. The van der Waals surface area contributed by atoms with Crippen molar-refractivity contribution in [3.05, 3.63) is 65.6 Å². The van der Waals surface area contributed by atoms with Crippen LogP contribution in [0, 0.1) is 0 Å². The molecule has 1 atom stereocenters. The number of hydrogen-bond acceptors (Lipinski definition) is 5. The van der Waals surface area contributed by atoms with Crippen molar-refractivity contribution >= 4 is 10.9 Å². The molecule has 0 aliphatic carbocycles. The van der Waals surface area contributed by atoms with Gasteiger partial charge in [-0.05, 0) is 37.9 Å².